The molecule has 0 bridgehead atoms. The van der Waals surface area contributed by atoms with E-state index in [1.165, 1.54) is 19.5 Å². The van der Waals surface area contributed by atoms with Crippen molar-refractivity contribution in [2.75, 3.05) is 26.7 Å². The summed E-state index contributed by atoms with van der Waals surface area (Å²) in [6.45, 7) is 10.3. The second-order valence-corrected chi connectivity index (χ2v) is 5.52. The highest BCUT2D eigenvalue weighted by Crippen LogP contribution is 2.37. The van der Waals surface area contributed by atoms with Crippen molar-refractivity contribution in [2.45, 2.75) is 27.2 Å². The summed E-state index contributed by atoms with van der Waals surface area (Å²) in [4.78, 5) is 2.40. The molecule has 0 aromatic heterocycles. The van der Waals surface area contributed by atoms with Crippen LogP contribution in [-0.4, -0.2) is 31.6 Å². The first-order valence-electron chi connectivity index (χ1n) is 5.33. The highest BCUT2D eigenvalue weighted by molar-refractivity contribution is 4.86. The molecule has 1 fully saturated rings. The largest absolute Gasteiger partial charge is 0.330 e. The number of nitrogens with zero attached hydrogens (tertiary/aromatic N) is 1. The smallest absolute Gasteiger partial charge is 0.00215 e. The van der Waals surface area contributed by atoms with Gasteiger partial charge in [-0.25, -0.2) is 0 Å². The fraction of sp³-hybridized carbons (Fsp3) is 1.00. The molecule has 0 aromatic rings. The topological polar surface area (TPSA) is 29.3 Å². The first-order valence-corrected chi connectivity index (χ1v) is 5.33. The highest BCUT2D eigenvalue weighted by Gasteiger charge is 2.34. The molecule has 1 aliphatic rings. The van der Waals surface area contributed by atoms with E-state index in [1.807, 2.05) is 0 Å². The molecule has 0 aliphatic carbocycles. The van der Waals surface area contributed by atoms with Gasteiger partial charge in [-0.1, -0.05) is 20.8 Å². The fourth-order valence-electron chi connectivity index (χ4n) is 2.59. The molecule has 13 heavy (non-hydrogen) atoms. The summed E-state index contributed by atoms with van der Waals surface area (Å²) in [7, 11) is 2.20. The zero-order valence-electron chi connectivity index (χ0n) is 9.51. The van der Waals surface area contributed by atoms with Crippen molar-refractivity contribution >= 4 is 0 Å². The second-order valence-electron chi connectivity index (χ2n) is 5.52. The Morgan fingerprint density at radius 3 is 2.46 bits per heavy atom. The van der Waals surface area contributed by atoms with Crippen LogP contribution in [0.5, 0.6) is 0 Å². The molecular formula is C11H24N2. The molecule has 1 rings (SSSR count). The Balaban J connectivity index is 2.63. The van der Waals surface area contributed by atoms with Crippen LogP contribution in [0.3, 0.4) is 0 Å². The predicted octanol–water partition coefficient (Wildman–Crippen LogP) is 1.56. The van der Waals surface area contributed by atoms with E-state index in [4.69, 9.17) is 5.73 Å². The molecule has 78 valence electrons. The Morgan fingerprint density at radius 2 is 2.00 bits per heavy atom. The van der Waals surface area contributed by atoms with Crippen LogP contribution in [0, 0.1) is 17.3 Å². The minimum atomic E-state index is 0.422. The molecule has 1 saturated heterocycles. The van der Waals surface area contributed by atoms with Crippen LogP contribution in [0.4, 0.5) is 0 Å². The number of rotatable bonds is 1. The van der Waals surface area contributed by atoms with Crippen LogP contribution in [0.1, 0.15) is 27.2 Å². The Hall–Kier alpha value is -0.0800. The monoisotopic (exact) mass is 184 g/mol. The third kappa shape index (κ3) is 2.68. The van der Waals surface area contributed by atoms with Crippen molar-refractivity contribution in [1.82, 2.24) is 4.90 Å². The normalized spacial score (nSPS) is 32.1. The molecule has 2 nitrogen and oxygen atoms in total. The molecule has 2 unspecified atom stereocenters. The molecule has 2 N–H and O–H groups in total. The molecule has 1 aliphatic heterocycles. The Kier molecular flexibility index (Phi) is 3.36. The number of nitrogens with two attached hydrogens (primary N) is 1. The van der Waals surface area contributed by atoms with Gasteiger partial charge in [-0.05, 0) is 43.8 Å². The molecule has 0 spiro atoms. The van der Waals surface area contributed by atoms with E-state index >= 15 is 0 Å². The van der Waals surface area contributed by atoms with Crippen LogP contribution in [0.15, 0.2) is 0 Å². The fourth-order valence-corrected chi connectivity index (χ4v) is 2.59. The summed E-state index contributed by atoms with van der Waals surface area (Å²) in [5.74, 6) is 1.49. The van der Waals surface area contributed by atoms with Gasteiger partial charge in [-0.3, -0.25) is 0 Å². The Labute approximate surface area is 82.5 Å². The molecule has 0 aromatic carbocycles. The average Bonchev–Trinajstić information content (AvgIpc) is 2.01. The molecular weight excluding hydrogens is 160 g/mol. The van der Waals surface area contributed by atoms with Crippen molar-refractivity contribution in [1.29, 1.82) is 0 Å². The van der Waals surface area contributed by atoms with Gasteiger partial charge in [-0.15, -0.1) is 0 Å². The summed E-state index contributed by atoms with van der Waals surface area (Å²) in [5.41, 5.74) is 6.25. The highest BCUT2D eigenvalue weighted by atomic mass is 15.1. The number of piperidine rings is 1. The van der Waals surface area contributed by atoms with Gasteiger partial charge in [0.15, 0.2) is 0 Å². The molecule has 0 radical (unpaired) electrons. The lowest BCUT2D eigenvalue weighted by molar-refractivity contribution is 0.0677. The SMILES string of the molecule is CN1CCC(C(C)(C)C)C(CN)C1. The van der Waals surface area contributed by atoms with Crippen LogP contribution < -0.4 is 5.73 Å². The van der Waals surface area contributed by atoms with Gasteiger partial charge in [-0.2, -0.15) is 0 Å². The van der Waals surface area contributed by atoms with Gasteiger partial charge in [0.05, 0.1) is 0 Å². The number of hydrogen-bond acceptors (Lipinski definition) is 2. The van der Waals surface area contributed by atoms with E-state index in [2.05, 4.69) is 32.7 Å². The Bertz CT molecular complexity index is 160. The summed E-state index contributed by atoms with van der Waals surface area (Å²) in [6.07, 6.45) is 1.31. The zero-order chi connectivity index (χ0) is 10.1. The quantitative estimate of drug-likeness (QED) is 0.670. The lowest BCUT2D eigenvalue weighted by Gasteiger charge is -2.43. The minimum absolute atomic E-state index is 0.422. The number of hydrogen-bond donors (Lipinski definition) is 1. The van der Waals surface area contributed by atoms with Crippen molar-refractivity contribution in [3.63, 3.8) is 0 Å². The third-order valence-electron chi connectivity index (χ3n) is 3.35. The molecule has 1 heterocycles. The lowest BCUT2D eigenvalue weighted by atomic mass is 9.69. The van der Waals surface area contributed by atoms with E-state index < -0.39 is 0 Å². The first-order chi connectivity index (χ1) is 5.95. The summed E-state index contributed by atoms with van der Waals surface area (Å²) in [6, 6.07) is 0. The summed E-state index contributed by atoms with van der Waals surface area (Å²) < 4.78 is 0. The van der Waals surface area contributed by atoms with Crippen molar-refractivity contribution < 1.29 is 0 Å². The minimum Gasteiger partial charge on any atom is -0.330 e. The van der Waals surface area contributed by atoms with E-state index in [0.29, 0.717) is 11.3 Å². The average molecular weight is 184 g/mol. The second kappa shape index (κ2) is 3.97. The lowest BCUT2D eigenvalue weighted by Crippen LogP contribution is -2.45. The first kappa shape index (κ1) is 11.0. The van der Waals surface area contributed by atoms with Crippen LogP contribution in [-0.2, 0) is 0 Å². The van der Waals surface area contributed by atoms with Crippen LogP contribution >= 0.6 is 0 Å². The molecule has 2 heteroatoms. The van der Waals surface area contributed by atoms with E-state index in [9.17, 15) is 0 Å². The van der Waals surface area contributed by atoms with Gasteiger partial charge >= 0.3 is 0 Å². The maximum Gasteiger partial charge on any atom is 0.00215 e. The van der Waals surface area contributed by atoms with E-state index in [0.717, 1.165) is 12.5 Å². The maximum absolute atomic E-state index is 5.83. The van der Waals surface area contributed by atoms with Crippen molar-refractivity contribution in [2.24, 2.45) is 23.0 Å². The van der Waals surface area contributed by atoms with Gasteiger partial charge in [0.1, 0.15) is 0 Å². The van der Waals surface area contributed by atoms with Gasteiger partial charge in [0.25, 0.3) is 0 Å². The number of likely N-dealkylation sites (tertiary alicyclic amines) is 1. The Morgan fingerprint density at radius 1 is 1.38 bits per heavy atom. The standard InChI is InChI=1S/C11H24N2/c1-11(2,3)10-5-6-13(4)8-9(10)7-12/h9-10H,5-8,12H2,1-4H3. The van der Waals surface area contributed by atoms with E-state index in [1.54, 1.807) is 0 Å². The van der Waals surface area contributed by atoms with Crippen molar-refractivity contribution in [3.8, 4) is 0 Å². The van der Waals surface area contributed by atoms with Crippen molar-refractivity contribution in [3.05, 3.63) is 0 Å². The predicted molar refractivity (Wildman–Crippen MR) is 57.6 cm³/mol. The van der Waals surface area contributed by atoms with Gasteiger partial charge < -0.3 is 10.6 Å². The molecule has 0 saturated carbocycles. The molecule has 2 atom stereocenters. The van der Waals surface area contributed by atoms with E-state index in [-0.39, 0.29) is 0 Å². The third-order valence-corrected chi connectivity index (χ3v) is 3.35. The zero-order valence-corrected chi connectivity index (χ0v) is 9.51. The van der Waals surface area contributed by atoms with Crippen LogP contribution in [0.25, 0.3) is 0 Å². The van der Waals surface area contributed by atoms with Gasteiger partial charge in [0.2, 0.25) is 0 Å². The summed E-state index contributed by atoms with van der Waals surface area (Å²) >= 11 is 0. The van der Waals surface area contributed by atoms with Crippen LogP contribution in [0.2, 0.25) is 0 Å². The van der Waals surface area contributed by atoms with Gasteiger partial charge in [0, 0.05) is 6.54 Å². The molecule has 0 amide bonds. The summed E-state index contributed by atoms with van der Waals surface area (Å²) in [5, 5.41) is 0. The maximum atomic E-state index is 5.83.